The molecule has 0 unspecified atom stereocenters. The summed E-state index contributed by atoms with van der Waals surface area (Å²) < 4.78 is 1.04. The van der Waals surface area contributed by atoms with Crippen molar-refractivity contribution in [1.82, 2.24) is 5.43 Å². The van der Waals surface area contributed by atoms with E-state index in [1.165, 1.54) is 25.7 Å². The molecule has 0 aliphatic heterocycles. The molecule has 3 atom stereocenters. The van der Waals surface area contributed by atoms with Crippen molar-refractivity contribution in [3.8, 4) is 0 Å². The Bertz CT molecular complexity index is 581. The number of halogens is 1. The molecular formula is C17H21BrN2O. The zero-order chi connectivity index (χ0) is 15.0. The van der Waals surface area contributed by atoms with Crippen molar-refractivity contribution < 1.29 is 4.79 Å². The fourth-order valence-electron chi connectivity index (χ4n) is 3.81. The summed E-state index contributed by atoms with van der Waals surface area (Å²) in [4.78, 5) is 12.3. The normalized spacial score (nSPS) is 31.5. The molecule has 3 rings (SSSR count). The molecule has 2 saturated carbocycles. The number of nitrogens with zero attached hydrogens (tertiary/aromatic N) is 1. The molecule has 1 aromatic carbocycles. The van der Waals surface area contributed by atoms with Crippen molar-refractivity contribution in [3.05, 3.63) is 34.3 Å². The molecule has 2 aliphatic rings. The summed E-state index contributed by atoms with van der Waals surface area (Å²) in [6, 6.07) is 7.94. The Morgan fingerprint density at radius 3 is 2.67 bits per heavy atom. The lowest BCUT2D eigenvalue weighted by Gasteiger charge is -2.15. The molecule has 0 aromatic heterocycles. The summed E-state index contributed by atoms with van der Waals surface area (Å²) in [5, 5.41) is 4.28. The summed E-state index contributed by atoms with van der Waals surface area (Å²) in [6.45, 7) is 4.18. The lowest BCUT2D eigenvalue weighted by atomic mass is 9.90. The monoisotopic (exact) mass is 348 g/mol. The predicted octanol–water partition coefficient (Wildman–Crippen LogP) is 4.12. The molecular weight excluding hydrogens is 328 g/mol. The first-order valence-corrected chi connectivity index (χ1v) is 8.42. The molecule has 0 radical (unpaired) electrons. The molecule has 4 heteroatoms. The Morgan fingerprint density at radius 2 is 2.05 bits per heavy atom. The van der Waals surface area contributed by atoms with Crippen molar-refractivity contribution >= 4 is 27.5 Å². The average Bonchev–Trinajstić information content (AvgIpc) is 3.11. The molecule has 1 amide bonds. The quantitative estimate of drug-likeness (QED) is 0.647. The molecule has 2 aliphatic carbocycles. The number of carbonyl (C=O) groups is 1. The van der Waals surface area contributed by atoms with Crippen LogP contribution in [0.2, 0.25) is 0 Å². The van der Waals surface area contributed by atoms with E-state index in [1.807, 2.05) is 31.2 Å². The largest absolute Gasteiger partial charge is 0.273 e. The van der Waals surface area contributed by atoms with Gasteiger partial charge in [-0.1, -0.05) is 47.8 Å². The molecule has 1 aromatic rings. The number of rotatable bonds is 3. The van der Waals surface area contributed by atoms with Crippen molar-refractivity contribution in [1.29, 1.82) is 0 Å². The van der Waals surface area contributed by atoms with Gasteiger partial charge < -0.3 is 0 Å². The Balaban J connectivity index is 1.63. The van der Waals surface area contributed by atoms with E-state index in [0.717, 1.165) is 15.7 Å². The van der Waals surface area contributed by atoms with Crippen LogP contribution in [-0.4, -0.2) is 11.6 Å². The molecule has 1 N–H and O–H groups in total. The Morgan fingerprint density at radius 1 is 1.33 bits per heavy atom. The van der Waals surface area contributed by atoms with Crippen LogP contribution in [0, 0.1) is 17.3 Å². The highest BCUT2D eigenvalue weighted by Gasteiger charge is 2.64. The Kier molecular flexibility index (Phi) is 3.91. The van der Waals surface area contributed by atoms with E-state index in [4.69, 9.17) is 0 Å². The maximum atomic E-state index is 12.3. The van der Waals surface area contributed by atoms with Crippen LogP contribution in [0.4, 0.5) is 0 Å². The second-order valence-corrected chi connectivity index (χ2v) is 7.43. The number of carbonyl (C=O) groups excluding carboxylic acids is 1. The lowest BCUT2D eigenvalue weighted by molar-refractivity contribution is -0.123. The van der Waals surface area contributed by atoms with Gasteiger partial charge in [0.2, 0.25) is 5.91 Å². The maximum Gasteiger partial charge on any atom is 0.244 e. The van der Waals surface area contributed by atoms with E-state index < -0.39 is 0 Å². The fraction of sp³-hybridized carbons (Fsp3) is 0.529. The van der Waals surface area contributed by atoms with Gasteiger partial charge in [0, 0.05) is 10.4 Å². The maximum absolute atomic E-state index is 12.3. The van der Waals surface area contributed by atoms with E-state index in [2.05, 4.69) is 33.4 Å². The van der Waals surface area contributed by atoms with Crippen molar-refractivity contribution in [3.63, 3.8) is 0 Å². The van der Waals surface area contributed by atoms with Crippen LogP contribution in [0.25, 0.3) is 0 Å². The van der Waals surface area contributed by atoms with Gasteiger partial charge in [-0.15, -0.1) is 0 Å². The third-order valence-electron chi connectivity index (χ3n) is 5.21. The standard InChI is InChI=1S/C17H21BrN2O/c1-11(12-6-8-13(18)9-7-12)19-20-16(21)15-14-5-3-4-10-17(14,15)2/h6-9,14-15H,3-5,10H2,1-2H3,(H,20,21)/b19-11-/t14-,15-,17+/m1/s1. The molecule has 0 saturated heterocycles. The van der Waals surface area contributed by atoms with E-state index in [9.17, 15) is 4.79 Å². The van der Waals surface area contributed by atoms with Gasteiger partial charge in [0.25, 0.3) is 0 Å². The highest BCUT2D eigenvalue weighted by atomic mass is 79.9. The zero-order valence-corrected chi connectivity index (χ0v) is 14.1. The first-order chi connectivity index (χ1) is 10.0. The number of benzene rings is 1. The smallest absolute Gasteiger partial charge is 0.244 e. The van der Waals surface area contributed by atoms with Gasteiger partial charge in [-0.05, 0) is 48.8 Å². The predicted molar refractivity (Wildman–Crippen MR) is 88.1 cm³/mol. The zero-order valence-electron chi connectivity index (χ0n) is 12.5. The van der Waals surface area contributed by atoms with Gasteiger partial charge in [-0.2, -0.15) is 5.10 Å². The molecule has 0 bridgehead atoms. The number of nitrogens with one attached hydrogen (secondary N) is 1. The SMILES string of the molecule is C/C(=N/NC(=O)[C@H]1[C@H]2CCCC[C@@]21C)c1ccc(Br)cc1. The highest BCUT2D eigenvalue weighted by molar-refractivity contribution is 9.10. The average molecular weight is 349 g/mol. The summed E-state index contributed by atoms with van der Waals surface area (Å²) in [5.74, 6) is 0.844. The van der Waals surface area contributed by atoms with Crippen LogP contribution in [0.3, 0.4) is 0 Å². The van der Waals surface area contributed by atoms with Gasteiger partial charge in [-0.25, -0.2) is 5.43 Å². The number of amides is 1. The third-order valence-corrected chi connectivity index (χ3v) is 5.74. The molecule has 112 valence electrons. The first-order valence-electron chi connectivity index (χ1n) is 7.62. The summed E-state index contributed by atoms with van der Waals surface area (Å²) in [5.41, 5.74) is 4.88. The third kappa shape index (κ3) is 2.78. The van der Waals surface area contributed by atoms with Crippen LogP contribution < -0.4 is 5.43 Å². The number of fused-ring (bicyclic) bond motifs is 1. The van der Waals surface area contributed by atoms with Crippen LogP contribution in [0.15, 0.2) is 33.8 Å². The van der Waals surface area contributed by atoms with Crippen molar-refractivity contribution in [2.45, 2.75) is 39.5 Å². The minimum atomic E-state index is 0.0980. The molecule has 2 fully saturated rings. The number of hydrazone groups is 1. The molecule has 21 heavy (non-hydrogen) atoms. The van der Waals surface area contributed by atoms with Crippen molar-refractivity contribution in [2.24, 2.45) is 22.4 Å². The Hall–Kier alpha value is -1.16. The van der Waals surface area contributed by atoms with Crippen LogP contribution in [0.5, 0.6) is 0 Å². The number of hydrogen-bond donors (Lipinski definition) is 1. The van der Waals surface area contributed by atoms with Gasteiger partial charge in [0.05, 0.1) is 5.71 Å². The van der Waals surface area contributed by atoms with Gasteiger partial charge in [0.1, 0.15) is 0 Å². The van der Waals surface area contributed by atoms with Crippen LogP contribution in [0.1, 0.15) is 45.1 Å². The topological polar surface area (TPSA) is 41.5 Å². The fourth-order valence-corrected chi connectivity index (χ4v) is 4.08. The molecule has 0 heterocycles. The highest BCUT2D eigenvalue weighted by Crippen LogP contribution is 2.66. The van der Waals surface area contributed by atoms with Gasteiger partial charge in [0.15, 0.2) is 0 Å². The van der Waals surface area contributed by atoms with Crippen LogP contribution >= 0.6 is 15.9 Å². The van der Waals surface area contributed by atoms with E-state index in [-0.39, 0.29) is 17.2 Å². The van der Waals surface area contributed by atoms with E-state index >= 15 is 0 Å². The number of hydrogen-bond acceptors (Lipinski definition) is 2. The minimum absolute atomic E-state index is 0.0980. The summed E-state index contributed by atoms with van der Waals surface area (Å²) >= 11 is 3.42. The van der Waals surface area contributed by atoms with Crippen LogP contribution in [-0.2, 0) is 4.79 Å². The van der Waals surface area contributed by atoms with E-state index in [1.54, 1.807) is 0 Å². The second kappa shape index (κ2) is 5.56. The van der Waals surface area contributed by atoms with Gasteiger partial charge >= 0.3 is 0 Å². The second-order valence-electron chi connectivity index (χ2n) is 6.52. The van der Waals surface area contributed by atoms with Gasteiger partial charge in [-0.3, -0.25) is 4.79 Å². The molecule has 0 spiro atoms. The molecule has 3 nitrogen and oxygen atoms in total. The van der Waals surface area contributed by atoms with Crippen molar-refractivity contribution in [2.75, 3.05) is 0 Å². The summed E-state index contributed by atoms with van der Waals surface area (Å²) in [7, 11) is 0. The first kappa shape index (κ1) is 14.8. The summed E-state index contributed by atoms with van der Waals surface area (Å²) in [6.07, 6.45) is 4.92. The minimum Gasteiger partial charge on any atom is -0.273 e. The Labute approximate surface area is 134 Å². The lowest BCUT2D eigenvalue weighted by Crippen LogP contribution is -2.23. The van der Waals surface area contributed by atoms with E-state index in [0.29, 0.717) is 5.92 Å².